The number of aromatic nitrogens is 5. The van der Waals surface area contributed by atoms with Crippen LogP contribution in [0.2, 0.25) is 0 Å². The number of aryl methyl sites for hydroxylation is 1. The minimum atomic E-state index is 0.347. The maximum atomic E-state index is 4.67. The fourth-order valence-electron chi connectivity index (χ4n) is 3.11. The molecule has 1 saturated heterocycles. The highest BCUT2D eigenvalue weighted by Gasteiger charge is 2.27. The number of thiazole rings is 1. The van der Waals surface area contributed by atoms with Crippen LogP contribution in [0.25, 0.3) is 11.5 Å². The van der Waals surface area contributed by atoms with Crippen LogP contribution in [0, 0.1) is 0 Å². The average Bonchev–Trinajstić information content (AvgIpc) is 3.30. The molecule has 0 radical (unpaired) electrons. The Morgan fingerprint density at radius 2 is 2.17 bits per heavy atom. The molecule has 0 amide bonds. The minimum absolute atomic E-state index is 0.347. The summed E-state index contributed by atoms with van der Waals surface area (Å²) < 4.78 is 1.95. The first-order valence-corrected chi connectivity index (χ1v) is 8.60. The third kappa shape index (κ3) is 2.89. The molecule has 4 heterocycles. The summed E-state index contributed by atoms with van der Waals surface area (Å²) in [6, 6.07) is 0.347. The van der Waals surface area contributed by atoms with Gasteiger partial charge < -0.3 is 4.57 Å². The Bertz CT molecular complexity index is 764. The highest BCUT2D eigenvalue weighted by Crippen LogP contribution is 2.32. The van der Waals surface area contributed by atoms with E-state index in [1.54, 1.807) is 17.5 Å². The van der Waals surface area contributed by atoms with Crippen LogP contribution in [0.4, 0.5) is 0 Å². The van der Waals surface area contributed by atoms with Gasteiger partial charge in [-0.3, -0.25) is 14.9 Å². The van der Waals surface area contributed by atoms with Crippen LogP contribution in [0.15, 0.2) is 36.5 Å². The van der Waals surface area contributed by atoms with Gasteiger partial charge in [0.25, 0.3) is 0 Å². The third-order valence-corrected chi connectivity index (χ3v) is 5.03. The molecule has 0 spiro atoms. The number of hydrogen-bond acceptors (Lipinski definition) is 6. The summed E-state index contributed by atoms with van der Waals surface area (Å²) >= 11 is 1.71. The van der Waals surface area contributed by atoms with E-state index in [0.717, 1.165) is 36.7 Å². The molecule has 7 heteroatoms. The van der Waals surface area contributed by atoms with Gasteiger partial charge in [-0.2, -0.15) is 0 Å². The molecule has 0 aliphatic carbocycles. The summed E-state index contributed by atoms with van der Waals surface area (Å²) in [5.74, 6) is 0.844. The number of rotatable bonds is 4. The molecular weight excluding hydrogens is 308 g/mol. The quantitative estimate of drug-likeness (QED) is 0.738. The number of hydrogen-bond donors (Lipinski definition) is 0. The molecule has 0 aromatic carbocycles. The van der Waals surface area contributed by atoms with Crippen LogP contribution in [-0.4, -0.2) is 35.9 Å². The molecule has 6 nitrogen and oxygen atoms in total. The van der Waals surface area contributed by atoms with E-state index in [2.05, 4.69) is 24.8 Å². The maximum absolute atomic E-state index is 4.67. The Labute approximate surface area is 138 Å². The third-order valence-electron chi connectivity index (χ3n) is 4.27. The van der Waals surface area contributed by atoms with E-state index in [4.69, 9.17) is 0 Å². The van der Waals surface area contributed by atoms with Crippen LogP contribution < -0.4 is 0 Å². The van der Waals surface area contributed by atoms with Crippen LogP contribution >= 0.6 is 11.3 Å². The summed E-state index contributed by atoms with van der Waals surface area (Å²) in [6.45, 7) is 2.05. The molecule has 0 saturated carbocycles. The van der Waals surface area contributed by atoms with Crippen molar-refractivity contribution in [2.45, 2.75) is 25.4 Å². The zero-order valence-electron chi connectivity index (χ0n) is 13.0. The van der Waals surface area contributed by atoms with Gasteiger partial charge in [0, 0.05) is 37.1 Å². The molecule has 1 aliphatic rings. The second kappa shape index (κ2) is 6.17. The number of imidazole rings is 1. The highest BCUT2D eigenvalue weighted by molar-refractivity contribution is 7.09. The summed E-state index contributed by atoms with van der Waals surface area (Å²) in [7, 11) is 1.96. The van der Waals surface area contributed by atoms with Crippen LogP contribution in [0.1, 0.15) is 29.5 Å². The van der Waals surface area contributed by atoms with Crippen molar-refractivity contribution < 1.29 is 0 Å². The molecule has 0 N–H and O–H groups in total. The topological polar surface area (TPSA) is 59.7 Å². The fourth-order valence-corrected chi connectivity index (χ4v) is 3.73. The summed E-state index contributed by atoms with van der Waals surface area (Å²) in [4.78, 5) is 21.5. The summed E-state index contributed by atoms with van der Waals surface area (Å²) in [6.07, 6.45) is 11.7. The largest absolute Gasteiger partial charge is 0.333 e. The van der Waals surface area contributed by atoms with Crippen LogP contribution in [-0.2, 0) is 13.6 Å². The molecule has 118 valence electrons. The van der Waals surface area contributed by atoms with Crippen LogP contribution in [0.5, 0.6) is 0 Å². The van der Waals surface area contributed by atoms with Gasteiger partial charge >= 0.3 is 0 Å². The molecule has 23 heavy (non-hydrogen) atoms. The molecule has 1 fully saturated rings. The van der Waals surface area contributed by atoms with Crippen molar-refractivity contribution >= 4 is 11.3 Å². The van der Waals surface area contributed by atoms with Crippen molar-refractivity contribution in [2.75, 3.05) is 6.54 Å². The average molecular weight is 326 g/mol. The van der Waals surface area contributed by atoms with E-state index in [1.807, 2.05) is 41.9 Å². The highest BCUT2D eigenvalue weighted by atomic mass is 32.1. The van der Waals surface area contributed by atoms with Gasteiger partial charge in [-0.15, -0.1) is 11.3 Å². The van der Waals surface area contributed by atoms with Gasteiger partial charge in [0.2, 0.25) is 0 Å². The SMILES string of the molecule is Cn1ccnc1-c1cnc([C@H]2CCCN2Cc2cncs2)cn1. The van der Waals surface area contributed by atoms with E-state index >= 15 is 0 Å². The lowest BCUT2D eigenvalue weighted by molar-refractivity contribution is 0.246. The first kappa shape index (κ1) is 14.5. The molecule has 3 aromatic heterocycles. The van der Waals surface area contributed by atoms with Gasteiger partial charge in [-0.1, -0.05) is 0 Å². The fraction of sp³-hybridized carbons (Fsp3) is 0.375. The first-order chi connectivity index (χ1) is 11.3. The minimum Gasteiger partial charge on any atom is -0.333 e. The second-order valence-electron chi connectivity index (χ2n) is 5.78. The predicted molar refractivity (Wildman–Crippen MR) is 88.7 cm³/mol. The molecule has 4 rings (SSSR count). The molecule has 0 unspecified atom stereocenters. The monoisotopic (exact) mass is 326 g/mol. The number of nitrogens with zero attached hydrogens (tertiary/aromatic N) is 6. The zero-order valence-corrected chi connectivity index (χ0v) is 13.8. The van der Waals surface area contributed by atoms with E-state index in [1.165, 1.54) is 11.3 Å². The van der Waals surface area contributed by atoms with Crippen molar-refractivity contribution in [3.05, 3.63) is 47.1 Å². The lowest BCUT2D eigenvalue weighted by atomic mass is 10.1. The standard InChI is InChI=1S/C16H18N6S/c1-21-6-4-18-16(21)14-9-19-13(8-20-14)15-3-2-5-22(15)10-12-7-17-11-23-12/h4,6-9,11,15H,2-3,5,10H2,1H3/t15-/m1/s1. The van der Waals surface area contributed by atoms with Crippen LogP contribution in [0.3, 0.4) is 0 Å². The Balaban J connectivity index is 1.54. The van der Waals surface area contributed by atoms with E-state index in [9.17, 15) is 0 Å². The van der Waals surface area contributed by atoms with Gasteiger partial charge in [0.1, 0.15) is 5.69 Å². The predicted octanol–water partition coefficient (Wildman–Crippen LogP) is 2.67. The van der Waals surface area contributed by atoms with Gasteiger partial charge in [0.15, 0.2) is 5.82 Å². The second-order valence-corrected chi connectivity index (χ2v) is 6.76. The summed E-state index contributed by atoms with van der Waals surface area (Å²) in [5, 5.41) is 0. The smallest absolute Gasteiger partial charge is 0.159 e. The van der Waals surface area contributed by atoms with Crippen molar-refractivity contribution in [3.63, 3.8) is 0 Å². The molecule has 1 aliphatic heterocycles. The molecular formula is C16H18N6S. The van der Waals surface area contributed by atoms with Crippen molar-refractivity contribution in [1.82, 2.24) is 29.4 Å². The Morgan fingerprint density at radius 3 is 2.87 bits per heavy atom. The maximum Gasteiger partial charge on any atom is 0.159 e. The Kier molecular flexibility index (Phi) is 3.88. The lowest BCUT2D eigenvalue weighted by Crippen LogP contribution is -2.23. The first-order valence-electron chi connectivity index (χ1n) is 7.72. The summed E-state index contributed by atoms with van der Waals surface area (Å²) in [5.41, 5.74) is 3.75. The Morgan fingerprint density at radius 1 is 1.22 bits per heavy atom. The number of likely N-dealkylation sites (tertiary alicyclic amines) is 1. The van der Waals surface area contributed by atoms with Gasteiger partial charge in [-0.05, 0) is 19.4 Å². The van der Waals surface area contributed by atoms with E-state index < -0.39 is 0 Å². The molecule has 3 aromatic rings. The van der Waals surface area contributed by atoms with E-state index in [0.29, 0.717) is 6.04 Å². The van der Waals surface area contributed by atoms with Crippen molar-refractivity contribution in [3.8, 4) is 11.5 Å². The molecule has 0 bridgehead atoms. The molecule has 1 atom stereocenters. The van der Waals surface area contributed by atoms with Crippen molar-refractivity contribution in [2.24, 2.45) is 7.05 Å². The van der Waals surface area contributed by atoms with E-state index in [-0.39, 0.29) is 0 Å². The zero-order chi connectivity index (χ0) is 15.6. The lowest BCUT2D eigenvalue weighted by Gasteiger charge is -2.23. The normalized spacial score (nSPS) is 18.6. The van der Waals surface area contributed by atoms with Gasteiger partial charge in [0.05, 0.1) is 29.6 Å². The Hall–Kier alpha value is -2.12. The van der Waals surface area contributed by atoms with Gasteiger partial charge in [-0.25, -0.2) is 9.97 Å². The van der Waals surface area contributed by atoms with Crippen molar-refractivity contribution in [1.29, 1.82) is 0 Å².